The van der Waals surface area contributed by atoms with Gasteiger partial charge < -0.3 is 10.2 Å². The number of benzene rings is 1. The second kappa shape index (κ2) is 6.99. The molecule has 1 N–H and O–H groups in total. The van der Waals surface area contributed by atoms with Gasteiger partial charge in [-0.15, -0.1) is 0 Å². The van der Waals surface area contributed by atoms with Crippen molar-refractivity contribution in [3.05, 3.63) is 53.6 Å². The summed E-state index contributed by atoms with van der Waals surface area (Å²) in [6.45, 7) is 5.39. The van der Waals surface area contributed by atoms with E-state index in [1.54, 1.807) is 12.1 Å². The summed E-state index contributed by atoms with van der Waals surface area (Å²) in [5.74, 6) is 0.225. The predicted octanol–water partition coefficient (Wildman–Crippen LogP) is 4.00. The lowest BCUT2D eigenvalue weighted by Gasteiger charge is -2.16. The fraction of sp³-hybridized carbons (Fsp3) is 0.368. The van der Waals surface area contributed by atoms with Gasteiger partial charge in [-0.2, -0.15) is 0 Å². The van der Waals surface area contributed by atoms with E-state index in [0.29, 0.717) is 6.42 Å². The molecule has 1 atom stereocenters. The molecule has 2 aromatic rings. The number of hydrogen-bond acceptors (Lipinski definition) is 3. The van der Waals surface area contributed by atoms with Crippen molar-refractivity contribution >= 4 is 17.3 Å². The van der Waals surface area contributed by atoms with Gasteiger partial charge in [0, 0.05) is 48.2 Å². The number of pyridine rings is 1. The van der Waals surface area contributed by atoms with Crippen LogP contribution in [0.5, 0.6) is 0 Å². The lowest BCUT2D eigenvalue weighted by molar-refractivity contribution is -0.129. The van der Waals surface area contributed by atoms with E-state index < -0.39 is 0 Å². The molecule has 2 heterocycles. The molecule has 3 rings (SSSR count). The lowest BCUT2D eigenvalue weighted by atomic mass is 10.0. The average Bonchev–Trinajstić information content (AvgIpc) is 3.06. The highest BCUT2D eigenvalue weighted by Crippen LogP contribution is 2.29. The van der Waals surface area contributed by atoms with Crippen molar-refractivity contribution in [2.75, 3.05) is 18.4 Å². The number of hydrogen-bond donors (Lipinski definition) is 1. The second-order valence-electron chi connectivity index (χ2n) is 6.23. The van der Waals surface area contributed by atoms with Crippen LogP contribution in [0.4, 0.5) is 15.8 Å². The molecule has 1 amide bonds. The SMILES string of the molecule is CCC(=O)N1CC[C@@H](c2cc(Nc3ccc(F)cc3)cc(C)n2)C1. The lowest BCUT2D eigenvalue weighted by Crippen LogP contribution is -2.27. The highest BCUT2D eigenvalue weighted by Gasteiger charge is 2.27. The molecule has 4 nitrogen and oxygen atoms in total. The summed E-state index contributed by atoms with van der Waals surface area (Å²) in [6.07, 6.45) is 1.49. The van der Waals surface area contributed by atoms with Crippen LogP contribution in [0, 0.1) is 12.7 Å². The summed E-state index contributed by atoms with van der Waals surface area (Å²) in [5.41, 5.74) is 3.70. The number of carbonyl (C=O) groups excluding carboxylic acids is 1. The van der Waals surface area contributed by atoms with Crippen molar-refractivity contribution in [2.24, 2.45) is 0 Å². The molecule has 1 saturated heterocycles. The van der Waals surface area contributed by atoms with E-state index in [-0.39, 0.29) is 17.6 Å². The molecule has 1 aromatic carbocycles. The summed E-state index contributed by atoms with van der Waals surface area (Å²) in [6, 6.07) is 10.3. The molecule has 0 bridgehead atoms. The van der Waals surface area contributed by atoms with Crippen LogP contribution in [0.3, 0.4) is 0 Å². The molecule has 0 spiro atoms. The van der Waals surface area contributed by atoms with E-state index in [1.807, 2.05) is 30.9 Å². The summed E-state index contributed by atoms with van der Waals surface area (Å²) in [5, 5.41) is 3.29. The smallest absolute Gasteiger partial charge is 0.222 e. The Morgan fingerprint density at radius 3 is 2.75 bits per heavy atom. The fourth-order valence-corrected chi connectivity index (χ4v) is 3.13. The van der Waals surface area contributed by atoms with Gasteiger partial charge in [-0.25, -0.2) is 4.39 Å². The van der Waals surface area contributed by atoms with Crippen molar-refractivity contribution in [1.82, 2.24) is 9.88 Å². The van der Waals surface area contributed by atoms with Gasteiger partial charge in [-0.3, -0.25) is 9.78 Å². The minimum atomic E-state index is -0.251. The number of carbonyl (C=O) groups is 1. The Kier molecular flexibility index (Phi) is 4.79. The molecule has 1 aliphatic rings. The van der Waals surface area contributed by atoms with Crippen molar-refractivity contribution in [3.8, 4) is 0 Å². The molecule has 1 aliphatic heterocycles. The normalized spacial score (nSPS) is 17.1. The summed E-state index contributed by atoms with van der Waals surface area (Å²) < 4.78 is 13.0. The van der Waals surface area contributed by atoms with Crippen LogP contribution in [0.1, 0.15) is 37.1 Å². The summed E-state index contributed by atoms with van der Waals surface area (Å²) in [4.78, 5) is 18.4. The molecular weight excluding hydrogens is 305 g/mol. The minimum Gasteiger partial charge on any atom is -0.355 e. The number of halogens is 1. The van der Waals surface area contributed by atoms with Crippen molar-refractivity contribution in [1.29, 1.82) is 0 Å². The largest absolute Gasteiger partial charge is 0.355 e. The van der Waals surface area contributed by atoms with Crippen molar-refractivity contribution in [2.45, 2.75) is 32.6 Å². The molecule has 0 aliphatic carbocycles. The maximum atomic E-state index is 13.0. The summed E-state index contributed by atoms with van der Waals surface area (Å²) in [7, 11) is 0. The first-order chi connectivity index (χ1) is 11.5. The number of nitrogens with one attached hydrogen (secondary N) is 1. The Morgan fingerprint density at radius 2 is 2.04 bits per heavy atom. The first-order valence-corrected chi connectivity index (χ1v) is 8.34. The van der Waals surface area contributed by atoms with Gasteiger partial charge in [-0.1, -0.05) is 6.92 Å². The van der Waals surface area contributed by atoms with Crippen LogP contribution in [0.25, 0.3) is 0 Å². The third kappa shape index (κ3) is 3.72. The van der Waals surface area contributed by atoms with Crippen LogP contribution < -0.4 is 5.32 Å². The molecule has 1 fully saturated rings. The Morgan fingerprint density at radius 1 is 1.29 bits per heavy atom. The monoisotopic (exact) mass is 327 g/mol. The molecule has 5 heteroatoms. The highest BCUT2D eigenvalue weighted by molar-refractivity contribution is 5.76. The zero-order chi connectivity index (χ0) is 17.1. The van der Waals surface area contributed by atoms with Gasteiger partial charge in [0.25, 0.3) is 0 Å². The highest BCUT2D eigenvalue weighted by atomic mass is 19.1. The van der Waals surface area contributed by atoms with Crippen LogP contribution in [-0.4, -0.2) is 28.9 Å². The second-order valence-corrected chi connectivity index (χ2v) is 6.23. The third-order valence-electron chi connectivity index (χ3n) is 4.37. The average molecular weight is 327 g/mol. The number of likely N-dealkylation sites (tertiary alicyclic amines) is 1. The molecule has 0 radical (unpaired) electrons. The first-order valence-electron chi connectivity index (χ1n) is 8.34. The van der Waals surface area contributed by atoms with Gasteiger partial charge >= 0.3 is 0 Å². The fourth-order valence-electron chi connectivity index (χ4n) is 3.13. The van der Waals surface area contributed by atoms with Crippen molar-refractivity contribution in [3.63, 3.8) is 0 Å². The number of aryl methyl sites for hydroxylation is 1. The number of anilines is 2. The van der Waals surface area contributed by atoms with E-state index in [1.165, 1.54) is 12.1 Å². The standard InChI is InChI=1S/C19H22FN3O/c1-3-19(24)23-9-8-14(12-23)18-11-17(10-13(2)21-18)22-16-6-4-15(20)5-7-16/h4-7,10-11,14H,3,8-9,12H2,1-2H3,(H,21,22)/t14-/m1/s1. The first kappa shape index (κ1) is 16.4. The van der Waals surface area contributed by atoms with E-state index in [0.717, 1.165) is 42.3 Å². The Bertz CT molecular complexity index is 730. The van der Waals surface area contributed by atoms with Gasteiger partial charge in [0.05, 0.1) is 0 Å². The van der Waals surface area contributed by atoms with Gasteiger partial charge in [0.15, 0.2) is 0 Å². The zero-order valence-electron chi connectivity index (χ0n) is 14.1. The van der Waals surface area contributed by atoms with E-state index in [4.69, 9.17) is 0 Å². The van der Waals surface area contributed by atoms with Gasteiger partial charge in [0.1, 0.15) is 5.82 Å². The Hall–Kier alpha value is -2.43. The number of rotatable bonds is 4. The van der Waals surface area contributed by atoms with E-state index in [9.17, 15) is 9.18 Å². The quantitative estimate of drug-likeness (QED) is 0.923. The van der Waals surface area contributed by atoms with E-state index >= 15 is 0 Å². The molecular formula is C19H22FN3O. The maximum absolute atomic E-state index is 13.0. The third-order valence-corrected chi connectivity index (χ3v) is 4.37. The van der Waals surface area contributed by atoms with Crippen LogP contribution in [-0.2, 0) is 4.79 Å². The van der Waals surface area contributed by atoms with Gasteiger partial charge in [-0.05, 0) is 49.7 Å². The van der Waals surface area contributed by atoms with Gasteiger partial charge in [0.2, 0.25) is 5.91 Å². The number of nitrogens with zero attached hydrogens (tertiary/aromatic N) is 2. The predicted molar refractivity (Wildman–Crippen MR) is 92.9 cm³/mol. The number of aromatic nitrogens is 1. The Balaban J connectivity index is 1.77. The summed E-state index contributed by atoms with van der Waals surface area (Å²) >= 11 is 0. The van der Waals surface area contributed by atoms with Crippen LogP contribution in [0.15, 0.2) is 36.4 Å². The molecule has 126 valence electrons. The molecule has 1 aromatic heterocycles. The zero-order valence-corrected chi connectivity index (χ0v) is 14.1. The molecule has 0 unspecified atom stereocenters. The minimum absolute atomic E-state index is 0.204. The maximum Gasteiger partial charge on any atom is 0.222 e. The Labute approximate surface area is 141 Å². The topological polar surface area (TPSA) is 45.2 Å². The van der Waals surface area contributed by atoms with E-state index in [2.05, 4.69) is 10.3 Å². The van der Waals surface area contributed by atoms with Crippen LogP contribution in [0.2, 0.25) is 0 Å². The molecule has 0 saturated carbocycles. The van der Waals surface area contributed by atoms with Crippen LogP contribution >= 0.6 is 0 Å². The van der Waals surface area contributed by atoms with Crippen molar-refractivity contribution < 1.29 is 9.18 Å². The number of amides is 1. The molecule has 24 heavy (non-hydrogen) atoms.